The highest BCUT2D eigenvalue weighted by Crippen LogP contribution is 2.31. The van der Waals surface area contributed by atoms with Crippen LogP contribution in [0, 0.1) is 0 Å². The van der Waals surface area contributed by atoms with Gasteiger partial charge < -0.3 is 14.2 Å². The zero-order valence-electron chi connectivity index (χ0n) is 23.5. The quantitative estimate of drug-likeness (QED) is 0.156. The minimum Gasteiger partial charge on any atom is -0.497 e. The van der Waals surface area contributed by atoms with E-state index in [0.717, 1.165) is 22.6 Å². The lowest BCUT2D eigenvalue weighted by Crippen LogP contribution is -2.20. The van der Waals surface area contributed by atoms with Crippen LogP contribution in [0.5, 0.6) is 17.2 Å². The molecule has 0 aliphatic heterocycles. The van der Waals surface area contributed by atoms with Crippen molar-refractivity contribution < 1.29 is 19.0 Å². The Balaban J connectivity index is 1.52. The highest BCUT2D eigenvalue weighted by atomic mass is 32.2. The molecule has 1 amide bonds. The Kier molecular flexibility index (Phi) is 9.11. The van der Waals surface area contributed by atoms with Gasteiger partial charge in [-0.1, -0.05) is 56.8 Å². The van der Waals surface area contributed by atoms with Gasteiger partial charge in [0.1, 0.15) is 5.75 Å². The predicted molar refractivity (Wildman–Crippen MR) is 158 cm³/mol. The maximum Gasteiger partial charge on any atom is 0.250 e. The van der Waals surface area contributed by atoms with E-state index in [9.17, 15) is 4.79 Å². The van der Waals surface area contributed by atoms with Gasteiger partial charge in [-0.05, 0) is 59.0 Å². The van der Waals surface area contributed by atoms with Gasteiger partial charge in [0.15, 0.2) is 22.5 Å². The molecule has 0 aliphatic rings. The number of hydrazone groups is 1. The number of methoxy groups -OCH3 is 3. The van der Waals surface area contributed by atoms with E-state index in [1.54, 1.807) is 39.7 Å². The fraction of sp³-hybridized carbons (Fsp3) is 0.267. The fourth-order valence-corrected chi connectivity index (χ4v) is 4.65. The van der Waals surface area contributed by atoms with Gasteiger partial charge in [-0.3, -0.25) is 9.36 Å². The molecule has 9 nitrogen and oxygen atoms in total. The SMILES string of the molecule is COc1ccc(-n2c(SCC(=O)N/N=C\c3ccc(OC)c(OC)c3)nnc2-c2ccc(C(C)(C)C)cc2)cc1. The van der Waals surface area contributed by atoms with E-state index < -0.39 is 0 Å². The summed E-state index contributed by atoms with van der Waals surface area (Å²) in [5.41, 5.74) is 6.37. The van der Waals surface area contributed by atoms with Gasteiger partial charge in [0.25, 0.3) is 5.91 Å². The molecule has 1 N–H and O–H groups in total. The Labute approximate surface area is 238 Å². The molecule has 0 aliphatic carbocycles. The Morgan fingerprint density at radius 2 is 1.62 bits per heavy atom. The minimum absolute atomic E-state index is 0.0402. The van der Waals surface area contributed by atoms with Gasteiger partial charge in [0, 0.05) is 11.3 Å². The van der Waals surface area contributed by atoms with E-state index in [0.29, 0.717) is 22.5 Å². The number of hydrogen-bond acceptors (Lipinski definition) is 8. The van der Waals surface area contributed by atoms with Crippen LogP contribution in [-0.4, -0.2) is 54.0 Å². The van der Waals surface area contributed by atoms with Crippen LogP contribution >= 0.6 is 11.8 Å². The van der Waals surface area contributed by atoms with Crippen LogP contribution in [0.4, 0.5) is 0 Å². The lowest BCUT2D eigenvalue weighted by Gasteiger charge is -2.19. The summed E-state index contributed by atoms with van der Waals surface area (Å²) in [6.07, 6.45) is 1.55. The van der Waals surface area contributed by atoms with E-state index in [1.165, 1.54) is 17.3 Å². The third kappa shape index (κ3) is 6.81. The molecule has 0 unspecified atom stereocenters. The van der Waals surface area contributed by atoms with Crippen molar-refractivity contribution in [1.82, 2.24) is 20.2 Å². The summed E-state index contributed by atoms with van der Waals surface area (Å²) in [6, 6.07) is 21.3. The topological polar surface area (TPSA) is 99.9 Å². The summed E-state index contributed by atoms with van der Waals surface area (Å²) < 4.78 is 17.8. The van der Waals surface area contributed by atoms with Gasteiger partial charge in [-0.15, -0.1) is 10.2 Å². The molecule has 0 saturated heterocycles. The molecule has 1 aromatic heterocycles. The molecule has 1 heterocycles. The second-order valence-corrected chi connectivity index (χ2v) is 10.8. The number of ether oxygens (including phenoxy) is 3. The molecule has 4 rings (SSSR count). The monoisotopic (exact) mass is 559 g/mol. The second kappa shape index (κ2) is 12.7. The molecule has 0 bridgehead atoms. The van der Waals surface area contributed by atoms with Crippen LogP contribution in [0.2, 0.25) is 0 Å². The van der Waals surface area contributed by atoms with Gasteiger partial charge >= 0.3 is 0 Å². The number of hydrogen-bond donors (Lipinski definition) is 1. The van der Waals surface area contributed by atoms with Gasteiger partial charge in [0.05, 0.1) is 33.3 Å². The maximum atomic E-state index is 12.6. The minimum atomic E-state index is -0.276. The number of thioether (sulfide) groups is 1. The van der Waals surface area contributed by atoms with Crippen molar-refractivity contribution in [2.24, 2.45) is 5.10 Å². The lowest BCUT2D eigenvalue weighted by atomic mass is 9.87. The molecule has 3 aromatic carbocycles. The summed E-state index contributed by atoms with van der Waals surface area (Å²) in [5.74, 6) is 2.44. The zero-order chi connectivity index (χ0) is 28.7. The van der Waals surface area contributed by atoms with Crippen molar-refractivity contribution in [2.75, 3.05) is 27.1 Å². The molecule has 0 radical (unpaired) electrons. The smallest absolute Gasteiger partial charge is 0.250 e. The Hall–Kier alpha value is -4.31. The molecule has 0 saturated carbocycles. The van der Waals surface area contributed by atoms with Crippen molar-refractivity contribution in [1.29, 1.82) is 0 Å². The molecule has 0 spiro atoms. The van der Waals surface area contributed by atoms with E-state index >= 15 is 0 Å². The number of aromatic nitrogens is 3. The predicted octanol–water partition coefficient (Wildman–Crippen LogP) is 5.50. The van der Waals surface area contributed by atoms with E-state index in [1.807, 2.05) is 34.9 Å². The van der Waals surface area contributed by atoms with Crippen LogP contribution in [0.3, 0.4) is 0 Å². The molecule has 208 valence electrons. The van der Waals surface area contributed by atoms with E-state index in [4.69, 9.17) is 14.2 Å². The van der Waals surface area contributed by atoms with Gasteiger partial charge in [-0.25, -0.2) is 5.43 Å². The highest BCUT2D eigenvalue weighted by molar-refractivity contribution is 7.99. The lowest BCUT2D eigenvalue weighted by molar-refractivity contribution is -0.118. The van der Waals surface area contributed by atoms with Crippen LogP contribution in [0.1, 0.15) is 31.9 Å². The summed E-state index contributed by atoms with van der Waals surface area (Å²) in [7, 11) is 4.77. The molecular formula is C30H33N5O4S. The maximum absolute atomic E-state index is 12.6. The number of rotatable bonds is 10. The number of nitrogens with zero attached hydrogens (tertiary/aromatic N) is 4. The average molecular weight is 560 g/mol. The Morgan fingerprint density at radius 1 is 0.925 bits per heavy atom. The van der Waals surface area contributed by atoms with Crippen LogP contribution in [0.15, 0.2) is 77.0 Å². The first kappa shape index (κ1) is 28.7. The van der Waals surface area contributed by atoms with Crippen molar-refractivity contribution in [2.45, 2.75) is 31.3 Å². The standard InChI is InChI=1S/C30H33N5O4S/c1-30(2,3)22-10-8-21(9-11-22)28-33-34-29(35(28)23-12-14-24(37-4)15-13-23)40-19-27(36)32-31-18-20-7-16-25(38-5)26(17-20)39-6/h7-18H,19H2,1-6H3,(H,32,36)/b31-18-. The molecule has 0 fully saturated rings. The van der Waals surface area contributed by atoms with Gasteiger partial charge in [0.2, 0.25) is 0 Å². The van der Waals surface area contributed by atoms with E-state index in [-0.39, 0.29) is 17.1 Å². The van der Waals surface area contributed by atoms with Crippen molar-refractivity contribution in [3.8, 4) is 34.3 Å². The molecule has 10 heteroatoms. The summed E-state index contributed by atoms with van der Waals surface area (Å²) >= 11 is 1.28. The number of benzene rings is 3. The number of amides is 1. The highest BCUT2D eigenvalue weighted by Gasteiger charge is 2.19. The molecule has 40 heavy (non-hydrogen) atoms. The first-order chi connectivity index (χ1) is 19.2. The van der Waals surface area contributed by atoms with Gasteiger partial charge in [-0.2, -0.15) is 5.10 Å². The van der Waals surface area contributed by atoms with Crippen molar-refractivity contribution >= 4 is 23.9 Å². The number of nitrogens with one attached hydrogen (secondary N) is 1. The summed E-state index contributed by atoms with van der Waals surface area (Å²) in [5, 5.41) is 13.6. The Bertz CT molecular complexity index is 1480. The van der Waals surface area contributed by atoms with Crippen molar-refractivity contribution in [3.63, 3.8) is 0 Å². The normalized spacial score (nSPS) is 11.4. The third-order valence-electron chi connectivity index (χ3n) is 6.12. The molecule has 4 aromatic rings. The summed E-state index contributed by atoms with van der Waals surface area (Å²) in [4.78, 5) is 12.6. The second-order valence-electron chi connectivity index (χ2n) is 9.86. The molecule has 0 atom stereocenters. The average Bonchev–Trinajstić information content (AvgIpc) is 3.39. The van der Waals surface area contributed by atoms with Crippen molar-refractivity contribution in [3.05, 3.63) is 77.9 Å². The Morgan fingerprint density at radius 3 is 2.25 bits per heavy atom. The van der Waals surface area contributed by atoms with Crippen LogP contribution in [0.25, 0.3) is 17.1 Å². The first-order valence-electron chi connectivity index (χ1n) is 12.6. The third-order valence-corrected chi connectivity index (χ3v) is 7.04. The number of carbonyl (C=O) groups excluding carboxylic acids is 1. The largest absolute Gasteiger partial charge is 0.497 e. The fourth-order valence-electron chi connectivity index (χ4n) is 3.91. The number of carbonyl (C=O) groups is 1. The van der Waals surface area contributed by atoms with E-state index in [2.05, 4.69) is 65.8 Å². The first-order valence-corrected chi connectivity index (χ1v) is 13.6. The van der Waals surface area contributed by atoms with Crippen LogP contribution in [-0.2, 0) is 10.2 Å². The van der Waals surface area contributed by atoms with Crippen LogP contribution < -0.4 is 19.6 Å². The zero-order valence-corrected chi connectivity index (χ0v) is 24.3. The summed E-state index contributed by atoms with van der Waals surface area (Å²) in [6.45, 7) is 6.54. The molecular weight excluding hydrogens is 526 g/mol.